The highest BCUT2D eigenvalue weighted by Gasteiger charge is 2.11. The Kier molecular flexibility index (Phi) is 5.68. The van der Waals surface area contributed by atoms with Crippen LogP contribution in [0.5, 0.6) is 5.75 Å². The van der Waals surface area contributed by atoms with E-state index >= 15 is 0 Å². The van der Waals surface area contributed by atoms with E-state index in [1.165, 1.54) is 29.0 Å². The number of pyridine rings is 1. The Morgan fingerprint density at radius 3 is 2.67 bits per heavy atom. The smallest absolute Gasteiger partial charge is 0.276 e. The van der Waals surface area contributed by atoms with Gasteiger partial charge in [0.05, 0.1) is 12.8 Å². The van der Waals surface area contributed by atoms with Gasteiger partial charge in [0.15, 0.2) is 0 Å². The first kappa shape index (κ1) is 18.4. The van der Waals surface area contributed by atoms with Gasteiger partial charge in [-0.25, -0.2) is 5.43 Å². The molecule has 1 heterocycles. The van der Waals surface area contributed by atoms with E-state index in [0.29, 0.717) is 17.1 Å². The molecular weight excluding hydrogens is 366 g/mol. The molecule has 2 aromatic carbocycles. The lowest BCUT2D eigenvalue weighted by Gasteiger charge is -2.08. The van der Waals surface area contributed by atoms with Crippen molar-refractivity contribution in [3.63, 3.8) is 0 Å². The molecule has 0 radical (unpaired) electrons. The molecule has 1 amide bonds. The van der Waals surface area contributed by atoms with Crippen LogP contribution in [-0.4, -0.2) is 21.8 Å². The quantitative estimate of drug-likeness (QED) is 0.526. The number of rotatable bonds is 5. The molecule has 0 spiro atoms. The van der Waals surface area contributed by atoms with Gasteiger partial charge in [-0.1, -0.05) is 23.7 Å². The highest BCUT2D eigenvalue weighted by atomic mass is 35.5. The summed E-state index contributed by atoms with van der Waals surface area (Å²) in [7, 11) is 0. The number of benzene rings is 2. The Bertz CT molecular complexity index is 1040. The summed E-state index contributed by atoms with van der Waals surface area (Å²) in [4.78, 5) is 24.8. The van der Waals surface area contributed by atoms with Crippen molar-refractivity contribution in [2.45, 2.75) is 6.54 Å². The number of amides is 1. The van der Waals surface area contributed by atoms with Crippen LogP contribution in [0.3, 0.4) is 0 Å². The van der Waals surface area contributed by atoms with Gasteiger partial charge in [0.1, 0.15) is 11.3 Å². The number of nitrogens with one attached hydrogen (secondary N) is 1. The lowest BCUT2D eigenvalue weighted by molar-refractivity contribution is 0.0953. The van der Waals surface area contributed by atoms with Crippen LogP contribution in [0.4, 0.5) is 0 Å². The molecular formula is C20H16ClN3O3. The fourth-order valence-corrected chi connectivity index (χ4v) is 2.67. The van der Waals surface area contributed by atoms with Crippen LogP contribution in [0.1, 0.15) is 21.5 Å². The van der Waals surface area contributed by atoms with Crippen molar-refractivity contribution < 1.29 is 9.90 Å². The van der Waals surface area contributed by atoms with Gasteiger partial charge in [-0.2, -0.15) is 5.10 Å². The number of carbonyl (C=O) groups excluding carboxylic acids is 1. The standard InChI is InChI=1S/C20H16ClN3O3/c21-16-4-1-3-15(11-16)13-24-10-2-5-18(20(24)27)19(26)23-22-12-14-6-8-17(25)9-7-14/h1-12,25H,13H2,(H,23,26)/b22-12-. The van der Waals surface area contributed by atoms with E-state index in [0.717, 1.165) is 5.56 Å². The molecule has 0 saturated carbocycles. The van der Waals surface area contributed by atoms with E-state index in [1.54, 1.807) is 42.6 Å². The van der Waals surface area contributed by atoms with Crippen LogP contribution in [-0.2, 0) is 6.54 Å². The van der Waals surface area contributed by atoms with E-state index in [2.05, 4.69) is 10.5 Å². The third-order valence-corrected chi connectivity index (χ3v) is 4.01. The topological polar surface area (TPSA) is 83.7 Å². The number of halogens is 1. The van der Waals surface area contributed by atoms with Crippen molar-refractivity contribution in [1.29, 1.82) is 0 Å². The summed E-state index contributed by atoms with van der Waals surface area (Å²) in [5.74, 6) is -0.462. The van der Waals surface area contributed by atoms with E-state index < -0.39 is 11.5 Å². The highest BCUT2D eigenvalue weighted by Crippen LogP contribution is 2.11. The number of aromatic hydroxyl groups is 1. The first-order valence-electron chi connectivity index (χ1n) is 8.09. The van der Waals surface area contributed by atoms with E-state index in [-0.39, 0.29) is 11.3 Å². The molecule has 0 atom stereocenters. The number of carbonyl (C=O) groups is 1. The van der Waals surface area contributed by atoms with Gasteiger partial charge in [0.2, 0.25) is 0 Å². The van der Waals surface area contributed by atoms with Gasteiger partial charge in [-0.15, -0.1) is 0 Å². The van der Waals surface area contributed by atoms with Crippen molar-refractivity contribution in [3.8, 4) is 5.75 Å². The van der Waals surface area contributed by atoms with Crippen LogP contribution in [0, 0.1) is 0 Å². The molecule has 2 N–H and O–H groups in total. The van der Waals surface area contributed by atoms with Gasteiger partial charge in [-0.05, 0) is 59.7 Å². The molecule has 0 unspecified atom stereocenters. The normalized spacial score (nSPS) is 10.9. The molecule has 0 fully saturated rings. The number of nitrogens with zero attached hydrogens (tertiary/aromatic N) is 2. The predicted molar refractivity (Wildman–Crippen MR) is 104 cm³/mol. The molecule has 0 bridgehead atoms. The highest BCUT2D eigenvalue weighted by molar-refractivity contribution is 6.30. The second kappa shape index (κ2) is 8.33. The van der Waals surface area contributed by atoms with E-state index in [1.807, 2.05) is 6.07 Å². The Balaban J connectivity index is 1.73. The Labute approximate surface area is 160 Å². The third kappa shape index (κ3) is 4.83. The summed E-state index contributed by atoms with van der Waals surface area (Å²) in [6, 6.07) is 16.6. The Morgan fingerprint density at radius 2 is 1.93 bits per heavy atom. The largest absolute Gasteiger partial charge is 0.508 e. The number of hydrogen-bond acceptors (Lipinski definition) is 4. The monoisotopic (exact) mass is 381 g/mol. The molecule has 1 aromatic heterocycles. The maximum atomic E-state index is 12.6. The van der Waals surface area contributed by atoms with Crippen molar-refractivity contribution >= 4 is 23.7 Å². The summed E-state index contributed by atoms with van der Waals surface area (Å²) < 4.78 is 1.43. The lowest BCUT2D eigenvalue weighted by atomic mass is 10.2. The fraction of sp³-hybridized carbons (Fsp3) is 0.0500. The van der Waals surface area contributed by atoms with Crippen molar-refractivity contribution in [2.75, 3.05) is 0 Å². The van der Waals surface area contributed by atoms with Crippen LogP contribution in [0.15, 0.2) is 76.8 Å². The van der Waals surface area contributed by atoms with Crippen molar-refractivity contribution in [1.82, 2.24) is 9.99 Å². The number of aromatic nitrogens is 1. The van der Waals surface area contributed by atoms with Gasteiger partial charge in [0, 0.05) is 11.2 Å². The maximum Gasteiger partial charge on any atom is 0.276 e. The zero-order chi connectivity index (χ0) is 19.2. The Hall–Kier alpha value is -3.38. The first-order chi connectivity index (χ1) is 13.0. The average Bonchev–Trinajstić information content (AvgIpc) is 2.65. The van der Waals surface area contributed by atoms with Gasteiger partial charge < -0.3 is 9.67 Å². The minimum Gasteiger partial charge on any atom is -0.508 e. The molecule has 3 aromatic rings. The van der Waals surface area contributed by atoms with E-state index in [4.69, 9.17) is 11.6 Å². The van der Waals surface area contributed by atoms with Crippen LogP contribution in [0.2, 0.25) is 5.02 Å². The summed E-state index contributed by atoms with van der Waals surface area (Å²) in [5.41, 5.74) is 3.45. The second-order valence-electron chi connectivity index (χ2n) is 5.78. The summed E-state index contributed by atoms with van der Waals surface area (Å²) >= 11 is 5.97. The minimum absolute atomic E-state index is 0.0117. The predicted octanol–water partition coefficient (Wildman–Crippen LogP) is 3.02. The van der Waals surface area contributed by atoms with Crippen molar-refractivity contribution in [3.05, 3.63) is 98.9 Å². The number of hydrogen-bond donors (Lipinski definition) is 2. The molecule has 0 saturated heterocycles. The van der Waals surface area contributed by atoms with Gasteiger partial charge >= 0.3 is 0 Å². The molecule has 27 heavy (non-hydrogen) atoms. The second-order valence-corrected chi connectivity index (χ2v) is 6.21. The first-order valence-corrected chi connectivity index (χ1v) is 8.47. The number of hydrazone groups is 1. The SMILES string of the molecule is O=C(N/N=C\c1ccc(O)cc1)c1cccn(Cc2cccc(Cl)c2)c1=O. The third-order valence-electron chi connectivity index (χ3n) is 3.78. The summed E-state index contributed by atoms with van der Waals surface area (Å²) in [5, 5.41) is 13.7. The molecule has 136 valence electrons. The zero-order valence-electron chi connectivity index (χ0n) is 14.2. The number of phenols is 1. The van der Waals surface area contributed by atoms with E-state index in [9.17, 15) is 14.7 Å². The molecule has 0 aliphatic heterocycles. The van der Waals surface area contributed by atoms with Gasteiger partial charge in [0.25, 0.3) is 11.5 Å². The lowest BCUT2D eigenvalue weighted by Crippen LogP contribution is -2.30. The summed E-state index contributed by atoms with van der Waals surface area (Å²) in [6.07, 6.45) is 3.03. The molecule has 3 rings (SSSR count). The zero-order valence-corrected chi connectivity index (χ0v) is 14.9. The molecule has 0 aliphatic rings. The van der Waals surface area contributed by atoms with Crippen LogP contribution >= 0.6 is 11.6 Å². The Morgan fingerprint density at radius 1 is 1.15 bits per heavy atom. The molecule has 0 aliphatic carbocycles. The van der Waals surface area contributed by atoms with Crippen LogP contribution in [0.25, 0.3) is 0 Å². The van der Waals surface area contributed by atoms with Gasteiger partial charge in [-0.3, -0.25) is 9.59 Å². The molecule has 6 nitrogen and oxygen atoms in total. The molecule has 7 heteroatoms. The number of phenolic OH excluding ortho intramolecular Hbond substituents is 1. The van der Waals surface area contributed by atoms with Crippen LogP contribution < -0.4 is 11.0 Å². The summed E-state index contributed by atoms with van der Waals surface area (Å²) in [6.45, 7) is 0.303. The maximum absolute atomic E-state index is 12.6. The fourth-order valence-electron chi connectivity index (χ4n) is 2.45. The van der Waals surface area contributed by atoms with Crippen molar-refractivity contribution in [2.24, 2.45) is 5.10 Å². The average molecular weight is 382 g/mol. The minimum atomic E-state index is -0.601.